The lowest BCUT2D eigenvalue weighted by Gasteiger charge is -2.33. The maximum Gasteiger partial charge on any atom is 0.276 e. The van der Waals surface area contributed by atoms with E-state index in [1.54, 1.807) is 36.4 Å². The van der Waals surface area contributed by atoms with Crippen molar-refractivity contribution in [3.63, 3.8) is 0 Å². The number of amides is 1. The van der Waals surface area contributed by atoms with Gasteiger partial charge in [-0.3, -0.25) is 25.2 Å². The van der Waals surface area contributed by atoms with Crippen LogP contribution in [0.5, 0.6) is 0 Å². The fourth-order valence-electron chi connectivity index (χ4n) is 3.13. The van der Waals surface area contributed by atoms with E-state index in [4.69, 9.17) is 4.99 Å². The van der Waals surface area contributed by atoms with Crippen LogP contribution in [-0.2, 0) is 4.79 Å². The molecule has 0 aliphatic carbocycles. The zero-order valence-electron chi connectivity index (χ0n) is 14.9. The number of carbonyl (C=O) groups is 1. The molecule has 10 heteroatoms. The van der Waals surface area contributed by atoms with Crippen molar-refractivity contribution >= 4 is 50.2 Å². The fraction of sp³-hybridized carbons (Fsp3) is 0.105. The molecule has 8 nitrogen and oxygen atoms in total. The normalized spacial score (nSPS) is 17.5. The second-order valence-corrected chi connectivity index (χ2v) is 8.06. The van der Waals surface area contributed by atoms with Gasteiger partial charge in [0.05, 0.1) is 15.8 Å². The van der Waals surface area contributed by atoms with E-state index in [0.29, 0.717) is 32.8 Å². The van der Waals surface area contributed by atoms with Crippen LogP contribution in [0.3, 0.4) is 0 Å². The van der Waals surface area contributed by atoms with Gasteiger partial charge in [-0.1, -0.05) is 45.9 Å². The Balaban J connectivity index is 1.98. The number of nitro groups is 1. The summed E-state index contributed by atoms with van der Waals surface area (Å²) in [5.41, 5.74) is 0.570. The van der Waals surface area contributed by atoms with Crippen LogP contribution in [-0.4, -0.2) is 26.8 Å². The Labute approximate surface area is 178 Å². The van der Waals surface area contributed by atoms with Gasteiger partial charge < -0.3 is 0 Å². The highest BCUT2D eigenvalue weighted by Crippen LogP contribution is 2.35. The molecule has 2 aromatic carbocycles. The van der Waals surface area contributed by atoms with E-state index in [-0.39, 0.29) is 11.6 Å². The van der Waals surface area contributed by atoms with Gasteiger partial charge in [-0.2, -0.15) is 0 Å². The molecule has 2 aliphatic rings. The zero-order valence-corrected chi connectivity index (χ0v) is 17.3. The summed E-state index contributed by atoms with van der Waals surface area (Å²) in [6.45, 7) is 3.67. The van der Waals surface area contributed by atoms with Crippen molar-refractivity contribution in [3.8, 4) is 0 Å². The van der Waals surface area contributed by atoms with Crippen molar-refractivity contribution in [2.75, 3.05) is 5.75 Å². The Bertz CT molecular complexity index is 1200. The number of thioether (sulfide) groups is 1. The number of rotatable bonds is 4. The Hall–Kier alpha value is -2.98. The van der Waals surface area contributed by atoms with Crippen LogP contribution >= 0.6 is 27.7 Å². The van der Waals surface area contributed by atoms with Gasteiger partial charge in [-0.25, -0.2) is 5.01 Å². The van der Waals surface area contributed by atoms with Crippen molar-refractivity contribution in [1.29, 1.82) is 0 Å². The molecule has 146 valence electrons. The van der Waals surface area contributed by atoms with Crippen molar-refractivity contribution in [3.05, 3.63) is 85.8 Å². The van der Waals surface area contributed by atoms with Crippen LogP contribution in [0.25, 0.3) is 5.70 Å². The van der Waals surface area contributed by atoms with Gasteiger partial charge in [0.15, 0.2) is 11.3 Å². The number of carbonyl (C=O) groups excluding carboxylic acids is 1. The molecule has 2 aliphatic heterocycles. The Morgan fingerprint density at radius 3 is 2.90 bits per heavy atom. The number of nitrogens with zero attached hydrogens (tertiary/aromatic N) is 4. The molecule has 1 N–H and O–H groups in total. The zero-order chi connectivity index (χ0) is 20.5. The third kappa shape index (κ3) is 3.56. The minimum Gasteiger partial charge on any atom is -0.298 e. The van der Waals surface area contributed by atoms with Crippen molar-refractivity contribution in [1.82, 2.24) is 10.3 Å². The first kappa shape index (κ1) is 19.3. The first-order valence-electron chi connectivity index (χ1n) is 8.53. The predicted octanol–water partition coefficient (Wildman–Crippen LogP) is 2.42. The number of nitrogens with one attached hydrogen (secondary N) is 1. The van der Waals surface area contributed by atoms with E-state index < -0.39 is 11.1 Å². The molecule has 29 heavy (non-hydrogen) atoms. The van der Waals surface area contributed by atoms with Crippen molar-refractivity contribution in [2.45, 2.75) is 6.17 Å². The molecule has 2 aromatic rings. The topological polar surface area (TPSA) is 100 Å². The first-order valence-corrected chi connectivity index (χ1v) is 10.3. The molecule has 0 fully saturated rings. The molecule has 0 spiro atoms. The standard InChI is InChI=1S/C19H14BrN5O3S/c1-2-9-29-19-22-18(26)16-13-10-11(20)7-8-14(13)21-17(24(16)23-19)12-5-3-4-6-15(12)25(27)28/h2-8,10,17H,1,9H2,(H,22,23,26). The average Bonchev–Trinajstić information content (AvgIpc) is 2.71. The molecule has 1 amide bonds. The summed E-state index contributed by atoms with van der Waals surface area (Å²) in [5, 5.41) is 21.9. The van der Waals surface area contributed by atoms with Gasteiger partial charge in [0.1, 0.15) is 5.70 Å². The highest BCUT2D eigenvalue weighted by molar-refractivity contribution is 9.10. The molecule has 0 saturated carbocycles. The summed E-state index contributed by atoms with van der Waals surface area (Å²) in [7, 11) is 0. The highest BCUT2D eigenvalue weighted by Gasteiger charge is 2.37. The summed E-state index contributed by atoms with van der Waals surface area (Å²) >= 11 is 4.73. The number of hydrazone groups is 1. The SMILES string of the molecule is C=CCSC1=NN2C(=c3cc(Br)ccc3=NC2c2ccccc2[N+](=O)[O-])C(=O)N1. The molecule has 0 bridgehead atoms. The molecule has 4 rings (SSSR count). The fourth-order valence-corrected chi connectivity index (χ4v) is 4.08. The number of amidine groups is 1. The van der Waals surface area contributed by atoms with Gasteiger partial charge in [-0.15, -0.1) is 11.7 Å². The van der Waals surface area contributed by atoms with Crippen molar-refractivity contribution in [2.24, 2.45) is 10.1 Å². The number of hydrogen-bond donors (Lipinski definition) is 1. The van der Waals surface area contributed by atoms with E-state index >= 15 is 0 Å². The Morgan fingerprint density at radius 2 is 2.14 bits per heavy atom. The monoisotopic (exact) mass is 471 g/mol. The van der Waals surface area contributed by atoms with Gasteiger partial charge in [-0.05, 0) is 24.3 Å². The van der Waals surface area contributed by atoms with Gasteiger partial charge in [0, 0.05) is 21.5 Å². The molecule has 0 saturated heterocycles. The van der Waals surface area contributed by atoms with Gasteiger partial charge in [0.25, 0.3) is 11.6 Å². The number of fused-ring (bicyclic) bond motifs is 2. The van der Waals surface area contributed by atoms with Crippen LogP contribution in [0.1, 0.15) is 11.7 Å². The van der Waals surface area contributed by atoms with Gasteiger partial charge in [0.2, 0.25) is 0 Å². The Kier molecular flexibility index (Phi) is 5.20. The summed E-state index contributed by atoms with van der Waals surface area (Å²) in [4.78, 5) is 28.8. The number of benzene rings is 2. The van der Waals surface area contributed by atoms with Crippen LogP contribution in [0, 0.1) is 10.1 Å². The lowest BCUT2D eigenvalue weighted by atomic mass is 10.1. The van der Waals surface area contributed by atoms with Crippen LogP contribution < -0.4 is 15.9 Å². The Morgan fingerprint density at radius 1 is 1.34 bits per heavy atom. The molecule has 0 radical (unpaired) electrons. The number of hydrogen-bond acceptors (Lipinski definition) is 7. The summed E-state index contributed by atoms with van der Waals surface area (Å²) in [6.07, 6.45) is 0.858. The minimum absolute atomic E-state index is 0.0809. The first-order chi connectivity index (χ1) is 14.0. The third-order valence-corrected chi connectivity index (χ3v) is 5.67. The van der Waals surface area contributed by atoms with Gasteiger partial charge >= 0.3 is 0 Å². The quantitative estimate of drug-likeness (QED) is 0.419. The second kappa shape index (κ2) is 7.80. The average molecular weight is 472 g/mol. The maximum absolute atomic E-state index is 13.0. The summed E-state index contributed by atoms with van der Waals surface area (Å²) < 4.78 is 0.784. The molecule has 2 heterocycles. The van der Waals surface area contributed by atoms with E-state index in [0.717, 1.165) is 4.47 Å². The van der Waals surface area contributed by atoms with E-state index in [1.807, 2.05) is 6.07 Å². The largest absolute Gasteiger partial charge is 0.298 e. The minimum atomic E-state index is -0.842. The number of para-hydroxylation sites is 1. The maximum atomic E-state index is 13.0. The molecular formula is C19H14BrN5O3S. The lowest BCUT2D eigenvalue weighted by molar-refractivity contribution is -0.385. The number of nitro benzene ring substituents is 1. The molecule has 0 aromatic heterocycles. The van der Waals surface area contributed by atoms with E-state index in [1.165, 1.54) is 22.8 Å². The predicted molar refractivity (Wildman–Crippen MR) is 114 cm³/mol. The van der Waals surface area contributed by atoms with Crippen LogP contribution in [0.2, 0.25) is 0 Å². The molecular weight excluding hydrogens is 458 g/mol. The van der Waals surface area contributed by atoms with E-state index in [2.05, 4.69) is 32.9 Å². The van der Waals surface area contributed by atoms with Crippen LogP contribution in [0.15, 0.2) is 69.7 Å². The second-order valence-electron chi connectivity index (χ2n) is 6.13. The number of halogens is 1. The smallest absolute Gasteiger partial charge is 0.276 e. The third-order valence-electron chi connectivity index (χ3n) is 4.32. The summed E-state index contributed by atoms with van der Waals surface area (Å²) in [6, 6.07) is 11.7. The molecule has 1 unspecified atom stereocenters. The lowest BCUT2D eigenvalue weighted by Crippen LogP contribution is -2.50. The molecule has 1 atom stereocenters. The summed E-state index contributed by atoms with van der Waals surface area (Å²) in [5.74, 6) is 0.210. The van der Waals surface area contributed by atoms with Crippen LogP contribution in [0.4, 0.5) is 5.69 Å². The van der Waals surface area contributed by atoms with E-state index in [9.17, 15) is 14.9 Å². The highest BCUT2D eigenvalue weighted by atomic mass is 79.9. The van der Waals surface area contributed by atoms with Crippen molar-refractivity contribution < 1.29 is 9.72 Å².